The molecule has 2 aromatic carbocycles. The largest absolute Gasteiger partial charge is 0.374 e. The van der Waals surface area contributed by atoms with Crippen LogP contribution in [0, 0.1) is 12.3 Å². The third-order valence-corrected chi connectivity index (χ3v) is 5.20. The molecular weight excluding hydrogens is 376 g/mol. The molecule has 1 amide bonds. The van der Waals surface area contributed by atoms with Crippen molar-refractivity contribution in [1.82, 2.24) is 10.0 Å². The molecule has 0 atom stereocenters. The fraction of sp³-hybridized carbons (Fsp3) is 0.286. The molecular formula is C21H24N2O4S. The Balaban J connectivity index is 2.03. The Morgan fingerprint density at radius 1 is 1.14 bits per heavy atom. The van der Waals surface area contributed by atoms with Crippen molar-refractivity contribution in [2.24, 2.45) is 0 Å². The zero-order chi connectivity index (χ0) is 20.6. The van der Waals surface area contributed by atoms with Gasteiger partial charge in [0.15, 0.2) is 0 Å². The topological polar surface area (TPSA) is 84.5 Å². The van der Waals surface area contributed by atoms with E-state index in [-0.39, 0.29) is 29.0 Å². The van der Waals surface area contributed by atoms with Crippen LogP contribution in [0.15, 0.2) is 53.4 Å². The lowest BCUT2D eigenvalue weighted by Gasteiger charge is -2.10. The van der Waals surface area contributed by atoms with Crippen molar-refractivity contribution in [2.75, 3.05) is 6.54 Å². The molecule has 7 heteroatoms. The molecule has 2 aromatic rings. The molecule has 0 aliphatic rings. The van der Waals surface area contributed by atoms with Crippen LogP contribution < -0.4 is 10.0 Å². The average Bonchev–Trinajstić information content (AvgIpc) is 2.69. The van der Waals surface area contributed by atoms with E-state index >= 15 is 0 Å². The molecule has 28 heavy (non-hydrogen) atoms. The smallest absolute Gasteiger partial charge is 0.251 e. The summed E-state index contributed by atoms with van der Waals surface area (Å²) < 4.78 is 32.1. The average molecular weight is 401 g/mol. The highest BCUT2D eigenvalue weighted by Crippen LogP contribution is 2.12. The maximum atomic E-state index is 12.4. The first-order valence-electron chi connectivity index (χ1n) is 8.82. The summed E-state index contributed by atoms with van der Waals surface area (Å²) in [7, 11) is -3.75. The Labute approximate surface area is 166 Å². The number of carbonyl (C=O) groups excluding carboxylic acids is 1. The van der Waals surface area contributed by atoms with Crippen LogP contribution in [0.4, 0.5) is 0 Å². The van der Waals surface area contributed by atoms with Crippen molar-refractivity contribution in [2.45, 2.75) is 38.0 Å². The molecule has 2 rings (SSSR count). The molecule has 0 unspecified atom stereocenters. The van der Waals surface area contributed by atoms with Crippen molar-refractivity contribution in [1.29, 1.82) is 0 Å². The quantitative estimate of drug-likeness (QED) is 0.633. The lowest BCUT2D eigenvalue weighted by molar-refractivity contribution is 0.0657. The molecule has 0 aliphatic carbocycles. The minimum absolute atomic E-state index is 0.0109. The summed E-state index contributed by atoms with van der Waals surface area (Å²) in [5.41, 5.74) is 2.20. The summed E-state index contributed by atoms with van der Waals surface area (Å²) in [6, 6.07) is 13.5. The molecule has 6 nitrogen and oxygen atoms in total. The lowest BCUT2D eigenvalue weighted by atomic mass is 10.1. The number of benzene rings is 2. The minimum atomic E-state index is -3.75. The highest BCUT2D eigenvalue weighted by molar-refractivity contribution is 7.89. The summed E-state index contributed by atoms with van der Waals surface area (Å²) in [5, 5.41) is 2.80. The zero-order valence-corrected chi connectivity index (χ0v) is 16.8. The first-order chi connectivity index (χ1) is 13.3. The summed E-state index contributed by atoms with van der Waals surface area (Å²) in [4.78, 5) is 12.4. The fourth-order valence-electron chi connectivity index (χ4n) is 2.40. The zero-order valence-electron chi connectivity index (χ0n) is 15.9. The van der Waals surface area contributed by atoms with E-state index in [9.17, 15) is 13.2 Å². The third kappa shape index (κ3) is 6.50. The third-order valence-electron chi connectivity index (χ3n) is 3.80. The highest BCUT2D eigenvalue weighted by Gasteiger charge is 2.15. The van der Waals surface area contributed by atoms with Gasteiger partial charge in [-0.1, -0.05) is 36.3 Å². The van der Waals surface area contributed by atoms with Gasteiger partial charge >= 0.3 is 0 Å². The number of carbonyl (C=O) groups is 1. The van der Waals surface area contributed by atoms with Crippen LogP contribution in [0.2, 0.25) is 0 Å². The van der Waals surface area contributed by atoms with Gasteiger partial charge in [-0.05, 0) is 43.2 Å². The second-order valence-corrected chi connectivity index (χ2v) is 8.19. The molecule has 0 spiro atoms. The van der Waals surface area contributed by atoms with Crippen LogP contribution in [-0.4, -0.2) is 27.0 Å². The van der Waals surface area contributed by atoms with Crippen molar-refractivity contribution >= 4 is 15.9 Å². The summed E-state index contributed by atoms with van der Waals surface area (Å²) in [5.74, 6) is 1.85. The predicted octanol–water partition coefficient (Wildman–Crippen LogP) is 2.45. The van der Waals surface area contributed by atoms with Crippen LogP contribution in [-0.2, 0) is 27.9 Å². The number of sulfonamides is 1. The van der Waals surface area contributed by atoms with Gasteiger partial charge in [0, 0.05) is 12.1 Å². The molecule has 0 aromatic heterocycles. The van der Waals surface area contributed by atoms with Gasteiger partial charge in [0.2, 0.25) is 10.0 Å². The van der Waals surface area contributed by atoms with E-state index in [0.717, 1.165) is 11.1 Å². The number of rotatable bonds is 9. The van der Waals surface area contributed by atoms with Gasteiger partial charge in [-0.15, -0.1) is 6.42 Å². The van der Waals surface area contributed by atoms with Crippen LogP contribution in [0.5, 0.6) is 0 Å². The van der Waals surface area contributed by atoms with Crippen molar-refractivity contribution in [3.63, 3.8) is 0 Å². The monoisotopic (exact) mass is 400 g/mol. The van der Waals surface area contributed by atoms with Gasteiger partial charge < -0.3 is 10.1 Å². The number of nitrogens with one attached hydrogen (secondary N) is 2. The van der Waals surface area contributed by atoms with Gasteiger partial charge in [-0.25, -0.2) is 8.42 Å². The summed E-state index contributed by atoms with van der Waals surface area (Å²) in [6.07, 6.45) is 5.22. The summed E-state index contributed by atoms with van der Waals surface area (Å²) >= 11 is 0. The Morgan fingerprint density at radius 3 is 2.57 bits per heavy atom. The number of terminal acetylenes is 1. The van der Waals surface area contributed by atoms with E-state index in [1.165, 1.54) is 18.2 Å². The second kappa shape index (κ2) is 10.0. The molecule has 148 valence electrons. The van der Waals surface area contributed by atoms with Crippen LogP contribution in [0.1, 0.15) is 35.3 Å². The number of hydrogen-bond acceptors (Lipinski definition) is 4. The Kier molecular flexibility index (Phi) is 7.76. The number of amides is 1. The van der Waals surface area contributed by atoms with Gasteiger partial charge in [-0.3, -0.25) is 4.79 Å². The maximum Gasteiger partial charge on any atom is 0.251 e. The molecule has 0 radical (unpaired) electrons. The Bertz CT molecular complexity index is 962. The standard InChI is InChI=1S/C21H24N2O4S/c1-4-11-23-28(25,26)20-10-6-9-19(13-20)21(24)22-14-17-7-5-8-18(12-17)15-27-16(2)3/h1,5-10,12-13,16,23H,11,14-15H2,2-3H3,(H,22,24). The van der Waals surface area contributed by atoms with E-state index in [1.54, 1.807) is 6.07 Å². The van der Waals surface area contributed by atoms with E-state index in [4.69, 9.17) is 11.2 Å². The lowest BCUT2D eigenvalue weighted by Crippen LogP contribution is -2.25. The predicted molar refractivity (Wildman–Crippen MR) is 108 cm³/mol. The van der Waals surface area contributed by atoms with Crippen LogP contribution >= 0.6 is 0 Å². The van der Waals surface area contributed by atoms with E-state index in [0.29, 0.717) is 13.2 Å². The molecule has 0 bridgehead atoms. The van der Waals surface area contributed by atoms with Crippen LogP contribution in [0.25, 0.3) is 0 Å². The number of ether oxygens (including phenoxy) is 1. The van der Waals surface area contributed by atoms with Gasteiger partial charge in [0.05, 0.1) is 24.2 Å². The van der Waals surface area contributed by atoms with Crippen molar-refractivity contribution in [3.05, 3.63) is 65.2 Å². The van der Waals surface area contributed by atoms with Gasteiger partial charge in [0.25, 0.3) is 5.91 Å². The Hall–Kier alpha value is -2.66. The highest BCUT2D eigenvalue weighted by atomic mass is 32.2. The summed E-state index contributed by atoms with van der Waals surface area (Å²) in [6.45, 7) is 4.65. The van der Waals surface area contributed by atoms with Gasteiger partial charge in [0.1, 0.15) is 0 Å². The molecule has 0 heterocycles. The molecule has 2 N–H and O–H groups in total. The molecule has 0 fully saturated rings. The minimum Gasteiger partial charge on any atom is -0.374 e. The fourth-order valence-corrected chi connectivity index (χ4v) is 3.38. The van der Waals surface area contributed by atoms with Crippen molar-refractivity contribution in [3.8, 4) is 12.3 Å². The van der Waals surface area contributed by atoms with E-state index in [1.807, 2.05) is 38.1 Å². The SMILES string of the molecule is C#CCNS(=O)(=O)c1cccc(C(=O)NCc2cccc(COC(C)C)c2)c1. The second-order valence-electron chi connectivity index (χ2n) is 6.42. The van der Waals surface area contributed by atoms with Gasteiger partial charge in [-0.2, -0.15) is 4.72 Å². The first-order valence-corrected chi connectivity index (χ1v) is 10.3. The van der Waals surface area contributed by atoms with E-state index in [2.05, 4.69) is 16.0 Å². The molecule has 0 saturated carbocycles. The van der Waals surface area contributed by atoms with Crippen LogP contribution in [0.3, 0.4) is 0 Å². The maximum absolute atomic E-state index is 12.4. The Morgan fingerprint density at radius 2 is 1.86 bits per heavy atom. The molecule has 0 aliphatic heterocycles. The normalized spacial score (nSPS) is 11.2. The van der Waals surface area contributed by atoms with Crippen molar-refractivity contribution < 1.29 is 17.9 Å². The first kappa shape index (κ1) is 21.6. The molecule has 0 saturated heterocycles. The number of hydrogen-bond donors (Lipinski definition) is 2. The van der Waals surface area contributed by atoms with E-state index < -0.39 is 10.0 Å².